The molecule has 0 aliphatic carbocycles. The second kappa shape index (κ2) is 6.11. The number of anilines is 1. The van der Waals surface area contributed by atoms with E-state index >= 15 is 0 Å². The standard InChI is InChI=1S/C10H13FN5O6PS/c11-4-3(1-21-23(19,20)24)22-9(6(4)17)16-2-13-5-7(16)14-10(12)15-8(5)18/h2-4,6,9,17H,1H2,(H2,19,20,24)(H3,12,14,15,18)/t3-,4?,6?,9-/m1/s1. The van der Waals surface area contributed by atoms with Crippen molar-refractivity contribution < 1.29 is 28.5 Å². The summed E-state index contributed by atoms with van der Waals surface area (Å²) < 4.78 is 25.2. The maximum atomic E-state index is 14.2. The first kappa shape index (κ1) is 17.4. The van der Waals surface area contributed by atoms with Crippen LogP contribution in [0.5, 0.6) is 0 Å². The number of aliphatic hydroxyl groups excluding tert-OH is 1. The number of H-pyrrole nitrogens is 1. The lowest BCUT2D eigenvalue weighted by molar-refractivity contribution is -0.0474. The van der Waals surface area contributed by atoms with Crippen LogP contribution in [0.4, 0.5) is 10.3 Å². The van der Waals surface area contributed by atoms with Crippen LogP contribution in [0.1, 0.15) is 6.23 Å². The van der Waals surface area contributed by atoms with Gasteiger partial charge in [-0.05, 0) is 11.8 Å². The second-order valence-corrected chi connectivity index (χ2v) is 7.73. The maximum absolute atomic E-state index is 14.2. The van der Waals surface area contributed by atoms with Gasteiger partial charge in [0.15, 0.2) is 23.6 Å². The largest absolute Gasteiger partial charge is 0.385 e. The minimum atomic E-state index is -3.98. The van der Waals surface area contributed by atoms with Crippen molar-refractivity contribution in [2.24, 2.45) is 0 Å². The Labute approximate surface area is 138 Å². The maximum Gasteiger partial charge on any atom is 0.321 e. The Kier molecular flexibility index (Phi) is 4.42. The number of nitrogens with zero attached hydrogens (tertiary/aromatic N) is 3. The topological polar surface area (TPSA) is 169 Å². The summed E-state index contributed by atoms with van der Waals surface area (Å²) in [5.41, 5.74) is 4.82. The van der Waals surface area contributed by atoms with Gasteiger partial charge in [-0.3, -0.25) is 14.3 Å². The third-order valence-electron chi connectivity index (χ3n) is 3.42. The molecule has 14 heteroatoms. The number of aliphatic hydroxyl groups is 1. The van der Waals surface area contributed by atoms with E-state index in [2.05, 4.69) is 31.3 Å². The highest BCUT2D eigenvalue weighted by Gasteiger charge is 2.46. The number of aromatic nitrogens is 4. The number of aromatic amines is 1. The van der Waals surface area contributed by atoms with Crippen molar-refractivity contribution in [1.29, 1.82) is 0 Å². The second-order valence-electron chi connectivity index (χ2n) is 5.06. The molecule has 2 aromatic heterocycles. The minimum Gasteiger partial charge on any atom is -0.385 e. The number of imidazole rings is 1. The number of alkyl halides is 1. The summed E-state index contributed by atoms with van der Waals surface area (Å²) in [7, 11) is 0. The molecule has 132 valence electrons. The number of hydrogen-bond donors (Lipinski definition) is 5. The van der Waals surface area contributed by atoms with Gasteiger partial charge in [-0.1, -0.05) is 0 Å². The molecule has 24 heavy (non-hydrogen) atoms. The molecule has 0 saturated carbocycles. The van der Waals surface area contributed by atoms with Gasteiger partial charge in [-0.25, -0.2) is 9.37 Å². The number of fused-ring (bicyclic) bond motifs is 1. The molecule has 0 amide bonds. The quantitative estimate of drug-likeness (QED) is 0.394. The molecular weight excluding hydrogens is 368 g/mol. The fraction of sp³-hybridized carbons (Fsp3) is 0.500. The summed E-state index contributed by atoms with van der Waals surface area (Å²) in [6.07, 6.45) is -4.94. The van der Waals surface area contributed by atoms with Gasteiger partial charge in [0.1, 0.15) is 12.2 Å². The molecule has 0 bridgehead atoms. The van der Waals surface area contributed by atoms with Gasteiger partial charge < -0.3 is 29.9 Å². The number of halogens is 1. The van der Waals surface area contributed by atoms with Gasteiger partial charge in [0.25, 0.3) is 5.56 Å². The van der Waals surface area contributed by atoms with Gasteiger partial charge in [-0.2, -0.15) is 4.98 Å². The summed E-state index contributed by atoms with van der Waals surface area (Å²) in [6.45, 7) is -4.55. The lowest BCUT2D eigenvalue weighted by Crippen LogP contribution is -2.30. The van der Waals surface area contributed by atoms with Crippen LogP contribution in [0.3, 0.4) is 0 Å². The van der Waals surface area contributed by atoms with Crippen LogP contribution < -0.4 is 11.3 Å². The van der Waals surface area contributed by atoms with Crippen LogP contribution in [0.2, 0.25) is 0 Å². The lowest BCUT2D eigenvalue weighted by Gasteiger charge is -2.16. The first-order valence-electron chi connectivity index (χ1n) is 6.57. The molecule has 4 atom stereocenters. The summed E-state index contributed by atoms with van der Waals surface area (Å²) in [6, 6.07) is 0. The average Bonchev–Trinajstić information content (AvgIpc) is 3.00. The van der Waals surface area contributed by atoms with Gasteiger partial charge in [0, 0.05) is 0 Å². The highest BCUT2D eigenvalue weighted by atomic mass is 32.5. The monoisotopic (exact) mass is 381 g/mol. The lowest BCUT2D eigenvalue weighted by atomic mass is 10.1. The van der Waals surface area contributed by atoms with Crippen molar-refractivity contribution in [1.82, 2.24) is 19.5 Å². The van der Waals surface area contributed by atoms with Crippen LogP contribution in [0.25, 0.3) is 11.2 Å². The van der Waals surface area contributed by atoms with Crippen molar-refractivity contribution >= 4 is 35.6 Å². The minimum absolute atomic E-state index is 0.00324. The average molecular weight is 381 g/mol. The fourth-order valence-corrected chi connectivity index (χ4v) is 2.90. The molecule has 0 aromatic carbocycles. The van der Waals surface area contributed by atoms with E-state index in [4.69, 9.17) is 20.3 Å². The van der Waals surface area contributed by atoms with Crippen molar-refractivity contribution in [3.63, 3.8) is 0 Å². The zero-order chi connectivity index (χ0) is 17.6. The normalized spacial score (nSPS) is 27.8. The molecule has 1 aliphatic rings. The molecule has 1 aliphatic heterocycles. The van der Waals surface area contributed by atoms with Crippen LogP contribution in [0, 0.1) is 0 Å². The van der Waals surface area contributed by atoms with Crippen LogP contribution in [0.15, 0.2) is 11.1 Å². The van der Waals surface area contributed by atoms with Crippen LogP contribution in [-0.2, 0) is 21.1 Å². The van der Waals surface area contributed by atoms with E-state index in [0.717, 1.165) is 10.9 Å². The summed E-state index contributed by atoms with van der Waals surface area (Å²) in [5.74, 6) is -0.181. The smallest absolute Gasteiger partial charge is 0.321 e. The van der Waals surface area contributed by atoms with E-state index in [1.807, 2.05) is 0 Å². The van der Waals surface area contributed by atoms with Crippen molar-refractivity contribution in [2.75, 3.05) is 12.3 Å². The Morgan fingerprint density at radius 1 is 1.58 bits per heavy atom. The van der Waals surface area contributed by atoms with E-state index < -0.39 is 43.5 Å². The predicted molar refractivity (Wildman–Crippen MR) is 82.0 cm³/mol. The molecule has 1 saturated heterocycles. The Morgan fingerprint density at radius 3 is 2.96 bits per heavy atom. The molecule has 0 spiro atoms. The summed E-state index contributed by atoms with van der Waals surface area (Å²) >= 11 is 4.27. The van der Waals surface area contributed by atoms with Gasteiger partial charge in [0.05, 0.1) is 12.9 Å². The van der Waals surface area contributed by atoms with Gasteiger partial charge in [-0.15, -0.1) is 0 Å². The Morgan fingerprint density at radius 2 is 2.29 bits per heavy atom. The zero-order valence-electron chi connectivity index (χ0n) is 11.8. The first-order chi connectivity index (χ1) is 11.2. The molecule has 2 unspecified atom stereocenters. The van der Waals surface area contributed by atoms with Crippen LogP contribution in [-0.4, -0.2) is 59.4 Å². The molecule has 6 N–H and O–H groups in total. The molecule has 11 nitrogen and oxygen atoms in total. The molecule has 0 radical (unpaired) electrons. The van der Waals surface area contributed by atoms with E-state index in [0.29, 0.717) is 0 Å². The Balaban J connectivity index is 1.90. The van der Waals surface area contributed by atoms with E-state index in [9.17, 15) is 14.3 Å². The Hall–Kier alpha value is -1.47. The molecular formula is C10H13FN5O6PS. The van der Waals surface area contributed by atoms with Crippen molar-refractivity contribution in [3.8, 4) is 0 Å². The van der Waals surface area contributed by atoms with Crippen LogP contribution >= 0.6 is 6.72 Å². The first-order valence-corrected chi connectivity index (χ1v) is 9.20. The Bertz CT molecular complexity index is 869. The number of nitrogens with two attached hydrogens (primary N) is 1. The van der Waals surface area contributed by atoms with E-state index in [1.54, 1.807) is 0 Å². The van der Waals surface area contributed by atoms with Crippen molar-refractivity contribution in [2.45, 2.75) is 24.6 Å². The molecule has 3 rings (SSSR count). The SMILES string of the molecule is Nc1nc2c(ncn2[C@@H]2O[C@H](COP(O)(O)=S)C(F)C2O)c(=O)[nH]1. The van der Waals surface area contributed by atoms with Gasteiger partial charge in [0.2, 0.25) is 5.95 Å². The van der Waals surface area contributed by atoms with E-state index in [-0.39, 0.29) is 17.1 Å². The number of nitrogens with one attached hydrogen (secondary N) is 1. The number of ether oxygens (including phenoxy) is 1. The number of rotatable bonds is 4. The molecule has 3 heterocycles. The van der Waals surface area contributed by atoms with Crippen molar-refractivity contribution in [3.05, 3.63) is 16.7 Å². The summed E-state index contributed by atoms with van der Waals surface area (Å²) in [4.78, 5) is 39.8. The predicted octanol–water partition coefficient (Wildman–Crippen LogP) is -1.48. The highest BCUT2D eigenvalue weighted by Crippen LogP contribution is 2.39. The van der Waals surface area contributed by atoms with E-state index in [1.165, 1.54) is 0 Å². The highest BCUT2D eigenvalue weighted by molar-refractivity contribution is 8.06. The molecule has 2 aromatic rings. The number of nitrogen functional groups attached to an aromatic ring is 1. The fourth-order valence-electron chi connectivity index (χ4n) is 2.37. The zero-order valence-corrected chi connectivity index (χ0v) is 13.5. The third kappa shape index (κ3) is 3.19. The number of hydrogen-bond acceptors (Lipinski definition) is 8. The third-order valence-corrected chi connectivity index (χ3v) is 4.22. The summed E-state index contributed by atoms with van der Waals surface area (Å²) in [5, 5.41) is 10.0. The molecule has 1 fully saturated rings. The van der Waals surface area contributed by atoms with Gasteiger partial charge >= 0.3 is 6.72 Å².